The van der Waals surface area contributed by atoms with Crippen LogP contribution in [-0.4, -0.2) is 4.98 Å². The smallest absolute Gasteiger partial charge is 0.0701 e. The molecule has 0 radical (unpaired) electrons. The molecule has 0 aliphatic carbocycles. The number of fused-ring (bicyclic) bond motifs is 1. The van der Waals surface area contributed by atoms with Crippen molar-refractivity contribution >= 4 is 23.5 Å². The third kappa shape index (κ3) is 1.61. The van der Waals surface area contributed by atoms with Gasteiger partial charge in [-0.15, -0.1) is 12.6 Å². The van der Waals surface area contributed by atoms with Crippen molar-refractivity contribution in [3.8, 4) is 11.1 Å². The lowest BCUT2D eigenvalue weighted by Gasteiger charge is -2.00. The summed E-state index contributed by atoms with van der Waals surface area (Å²) in [7, 11) is 0. The second kappa shape index (κ2) is 3.72. The first-order valence-electron chi connectivity index (χ1n) is 5.20. The highest BCUT2D eigenvalue weighted by Crippen LogP contribution is 2.25. The Morgan fingerprint density at radius 2 is 1.62 bits per heavy atom. The van der Waals surface area contributed by atoms with Gasteiger partial charge < -0.3 is 4.98 Å². The predicted molar refractivity (Wildman–Crippen MR) is 71.0 cm³/mol. The lowest BCUT2D eigenvalue weighted by molar-refractivity contribution is 1.25. The zero-order valence-corrected chi connectivity index (χ0v) is 9.54. The van der Waals surface area contributed by atoms with Crippen molar-refractivity contribution in [3.05, 3.63) is 54.6 Å². The normalized spacial score (nSPS) is 10.8. The van der Waals surface area contributed by atoms with Crippen molar-refractivity contribution < 1.29 is 0 Å². The van der Waals surface area contributed by atoms with Gasteiger partial charge in [0.05, 0.1) is 5.03 Å². The molecule has 0 unspecified atom stereocenters. The summed E-state index contributed by atoms with van der Waals surface area (Å²) >= 11 is 4.31. The third-order valence-electron chi connectivity index (χ3n) is 2.71. The first-order valence-corrected chi connectivity index (χ1v) is 5.65. The molecule has 3 aromatic rings. The van der Waals surface area contributed by atoms with Crippen LogP contribution in [0.25, 0.3) is 22.0 Å². The summed E-state index contributed by atoms with van der Waals surface area (Å²) < 4.78 is 0. The van der Waals surface area contributed by atoms with Crippen molar-refractivity contribution in [2.24, 2.45) is 0 Å². The van der Waals surface area contributed by atoms with Gasteiger partial charge in [0.1, 0.15) is 0 Å². The zero-order valence-electron chi connectivity index (χ0n) is 8.64. The molecule has 1 heterocycles. The van der Waals surface area contributed by atoms with Crippen LogP contribution in [0, 0.1) is 0 Å². The summed E-state index contributed by atoms with van der Waals surface area (Å²) in [6.07, 6.45) is 0. The zero-order chi connectivity index (χ0) is 11.0. The Bertz CT molecular complexity index is 626. The highest BCUT2D eigenvalue weighted by Gasteiger charge is 2.01. The van der Waals surface area contributed by atoms with Gasteiger partial charge in [0.2, 0.25) is 0 Å². The third-order valence-corrected chi connectivity index (χ3v) is 2.95. The van der Waals surface area contributed by atoms with E-state index in [1.165, 1.54) is 16.5 Å². The summed E-state index contributed by atoms with van der Waals surface area (Å²) in [5, 5.41) is 2.10. The molecule has 0 saturated carbocycles. The maximum Gasteiger partial charge on any atom is 0.0701 e. The van der Waals surface area contributed by atoms with E-state index < -0.39 is 0 Å². The number of benzene rings is 2. The molecule has 0 aliphatic heterocycles. The van der Waals surface area contributed by atoms with Gasteiger partial charge in [-0.2, -0.15) is 0 Å². The topological polar surface area (TPSA) is 15.8 Å². The fourth-order valence-electron chi connectivity index (χ4n) is 1.93. The summed E-state index contributed by atoms with van der Waals surface area (Å²) in [6.45, 7) is 0. The highest BCUT2D eigenvalue weighted by atomic mass is 32.1. The number of rotatable bonds is 1. The number of H-pyrrole nitrogens is 1. The van der Waals surface area contributed by atoms with E-state index in [-0.39, 0.29) is 0 Å². The van der Waals surface area contributed by atoms with E-state index in [9.17, 15) is 0 Å². The van der Waals surface area contributed by atoms with E-state index in [0.29, 0.717) is 0 Å². The lowest BCUT2D eigenvalue weighted by atomic mass is 10.0. The molecule has 0 amide bonds. The first-order chi connectivity index (χ1) is 7.83. The quantitative estimate of drug-likeness (QED) is 0.579. The molecule has 0 spiro atoms. The van der Waals surface area contributed by atoms with Crippen LogP contribution in [0.2, 0.25) is 0 Å². The Hall–Kier alpha value is -1.67. The van der Waals surface area contributed by atoms with Crippen LogP contribution in [0.3, 0.4) is 0 Å². The van der Waals surface area contributed by atoms with Crippen molar-refractivity contribution in [3.63, 3.8) is 0 Å². The minimum Gasteiger partial charge on any atom is -0.350 e. The molecule has 1 N–H and O–H groups in total. The molecule has 78 valence electrons. The average Bonchev–Trinajstić information content (AvgIpc) is 2.69. The van der Waals surface area contributed by atoms with Crippen molar-refractivity contribution in [2.75, 3.05) is 0 Å². The first kappa shape index (κ1) is 9.55. The molecule has 0 bridgehead atoms. The van der Waals surface area contributed by atoms with Crippen LogP contribution in [-0.2, 0) is 0 Å². The molecule has 0 atom stereocenters. The number of hydrogen-bond donors (Lipinski definition) is 2. The second-order valence-electron chi connectivity index (χ2n) is 3.82. The van der Waals surface area contributed by atoms with Gasteiger partial charge >= 0.3 is 0 Å². The molecule has 2 heteroatoms. The number of hydrogen-bond acceptors (Lipinski definition) is 1. The lowest BCUT2D eigenvalue weighted by Crippen LogP contribution is -1.76. The van der Waals surface area contributed by atoms with E-state index in [0.717, 1.165) is 10.5 Å². The standard InChI is InChI=1S/C14H11NS/c16-14-9-12-8-11(6-7-13(12)15-14)10-4-2-1-3-5-10/h1-9,15-16H. The number of aromatic amines is 1. The second-order valence-corrected chi connectivity index (χ2v) is 4.30. The summed E-state index contributed by atoms with van der Waals surface area (Å²) in [6, 6.07) is 18.8. The van der Waals surface area contributed by atoms with Crippen molar-refractivity contribution in [1.29, 1.82) is 0 Å². The number of thiol groups is 1. The van der Waals surface area contributed by atoms with Crippen LogP contribution in [0.1, 0.15) is 0 Å². The van der Waals surface area contributed by atoms with Crippen LogP contribution in [0.5, 0.6) is 0 Å². The largest absolute Gasteiger partial charge is 0.350 e. The SMILES string of the molecule is Sc1cc2cc(-c3ccccc3)ccc2[nH]1. The van der Waals surface area contributed by atoms with Crippen LogP contribution >= 0.6 is 12.6 Å². The maximum absolute atomic E-state index is 4.31. The summed E-state index contributed by atoms with van der Waals surface area (Å²) in [5.74, 6) is 0. The van der Waals surface area contributed by atoms with Gasteiger partial charge in [-0.3, -0.25) is 0 Å². The monoisotopic (exact) mass is 225 g/mol. The Labute approximate surface area is 99.5 Å². The molecule has 2 aromatic carbocycles. The average molecular weight is 225 g/mol. The molecular weight excluding hydrogens is 214 g/mol. The van der Waals surface area contributed by atoms with E-state index >= 15 is 0 Å². The predicted octanol–water partition coefficient (Wildman–Crippen LogP) is 4.12. The molecular formula is C14H11NS. The molecule has 16 heavy (non-hydrogen) atoms. The van der Waals surface area contributed by atoms with Gasteiger partial charge in [0, 0.05) is 10.9 Å². The number of nitrogens with one attached hydrogen (secondary N) is 1. The minimum atomic E-state index is 0.903. The fourth-order valence-corrected chi connectivity index (χ4v) is 2.19. The summed E-state index contributed by atoms with van der Waals surface area (Å²) in [4.78, 5) is 3.20. The van der Waals surface area contributed by atoms with Crippen molar-refractivity contribution in [1.82, 2.24) is 4.98 Å². The molecule has 0 saturated heterocycles. The maximum atomic E-state index is 4.31. The molecule has 0 aliphatic rings. The fraction of sp³-hybridized carbons (Fsp3) is 0. The Balaban J connectivity index is 2.18. The Morgan fingerprint density at radius 3 is 2.44 bits per heavy atom. The number of aromatic nitrogens is 1. The van der Waals surface area contributed by atoms with Crippen LogP contribution < -0.4 is 0 Å². The Kier molecular flexibility index (Phi) is 2.22. The van der Waals surface area contributed by atoms with Gasteiger partial charge in [-0.05, 0) is 29.3 Å². The molecule has 3 rings (SSSR count). The molecule has 1 nitrogen and oxygen atoms in total. The van der Waals surface area contributed by atoms with Gasteiger partial charge in [-0.25, -0.2) is 0 Å². The van der Waals surface area contributed by atoms with Gasteiger partial charge in [-0.1, -0.05) is 36.4 Å². The van der Waals surface area contributed by atoms with Crippen molar-refractivity contribution in [2.45, 2.75) is 5.03 Å². The van der Waals surface area contributed by atoms with E-state index in [4.69, 9.17) is 0 Å². The minimum absolute atomic E-state index is 0.903. The molecule has 0 fully saturated rings. The van der Waals surface area contributed by atoms with E-state index in [1.807, 2.05) is 12.1 Å². The summed E-state index contributed by atoms with van der Waals surface area (Å²) in [5.41, 5.74) is 3.61. The molecule has 1 aromatic heterocycles. The van der Waals surface area contributed by atoms with Gasteiger partial charge in [0.25, 0.3) is 0 Å². The van der Waals surface area contributed by atoms with E-state index in [1.54, 1.807) is 0 Å². The highest BCUT2D eigenvalue weighted by molar-refractivity contribution is 7.80. The van der Waals surface area contributed by atoms with Gasteiger partial charge in [0.15, 0.2) is 0 Å². The van der Waals surface area contributed by atoms with Crippen LogP contribution in [0.15, 0.2) is 59.6 Å². The van der Waals surface area contributed by atoms with E-state index in [2.05, 4.69) is 60.1 Å². The van der Waals surface area contributed by atoms with Crippen LogP contribution in [0.4, 0.5) is 0 Å². The Morgan fingerprint density at radius 1 is 0.812 bits per heavy atom.